The van der Waals surface area contributed by atoms with Gasteiger partial charge >= 0.3 is 0 Å². The van der Waals surface area contributed by atoms with E-state index in [1.807, 2.05) is 29.2 Å². The fraction of sp³-hybridized carbons (Fsp3) is 0.273. The third kappa shape index (κ3) is 3.70. The molecule has 0 N–H and O–H groups in total. The number of rotatable bonds is 3. The van der Waals surface area contributed by atoms with E-state index < -0.39 is 0 Å². The summed E-state index contributed by atoms with van der Waals surface area (Å²) >= 11 is 1.79. The van der Waals surface area contributed by atoms with Crippen molar-refractivity contribution in [3.63, 3.8) is 0 Å². The summed E-state index contributed by atoms with van der Waals surface area (Å²) in [4.78, 5) is 19.2. The summed E-state index contributed by atoms with van der Waals surface area (Å²) < 4.78 is 1.25. The van der Waals surface area contributed by atoms with E-state index in [1.165, 1.54) is 15.3 Å². The van der Waals surface area contributed by atoms with Crippen molar-refractivity contribution < 1.29 is 4.79 Å². The molecule has 0 atom stereocenters. The summed E-state index contributed by atoms with van der Waals surface area (Å²) in [6.45, 7) is 3.67. The van der Waals surface area contributed by atoms with Crippen molar-refractivity contribution in [3.8, 4) is 0 Å². The number of nitrogens with zero attached hydrogens (tertiary/aromatic N) is 2. The molecule has 0 unspecified atom stereocenters. The molecule has 1 aromatic heterocycles. The van der Waals surface area contributed by atoms with Gasteiger partial charge < -0.3 is 4.90 Å². The number of aryl methyl sites for hydroxylation is 1. The van der Waals surface area contributed by atoms with Gasteiger partial charge in [-0.05, 0) is 43.5 Å². The Balaban J connectivity index is 1.36. The molecule has 1 fully saturated rings. The van der Waals surface area contributed by atoms with E-state index in [1.54, 1.807) is 17.4 Å². The molecule has 0 saturated carbocycles. The number of fused-ring (bicyclic) bond motifs is 1. The molecular weight excluding hydrogens is 340 g/mol. The Labute approximate surface area is 158 Å². The first kappa shape index (κ1) is 17.0. The molecular formula is C22H22N2OS. The largest absolute Gasteiger partial charge is 0.339 e. The number of para-hydroxylation sites is 1. The van der Waals surface area contributed by atoms with Gasteiger partial charge in [-0.15, -0.1) is 11.3 Å². The molecule has 1 saturated heterocycles. The van der Waals surface area contributed by atoms with Crippen molar-refractivity contribution in [2.24, 2.45) is 0 Å². The van der Waals surface area contributed by atoms with Crippen molar-refractivity contribution in [2.75, 3.05) is 13.1 Å². The van der Waals surface area contributed by atoms with Crippen LogP contribution in [0, 0.1) is 6.92 Å². The van der Waals surface area contributed by atoms with Crippen molar-refractivity contribution in [2.45, 2.75) is 25.7 Å². The van der Waals surface area contributed by atoms with Crippen LogP contribution in [-0.4, -0.2) is 28.9 Å². The van der Waals surface area contributed by atoms with Crippen LogP contribution >= 0.6 is 11.3 Å². The average molecular weight is 362 g/mol. The standard InChI is InChI=1S/C22H22N2OS/c1-16-6-8-17(9-7-16)10-11-21(25)24-14-12-18(13-15-24)22-23-19-4-2-3-5-20(19)26-22/h2-11,18H,12-15H2,1H3/b11-10+. The van der Waals surface area contributed by atoms with Crippen LogP contribution in [0.3, 0.4) is 0 Å². The number of amides is 1. The van der Waals surface area contributed by atoms with Gasteiger partial charge in [0.05, 0.1) is 15.2 Å². The van der Waals surface area contributed by atoms with Crippen LogP contribution in [0.15, 0.2) is 54.6 Å². The minimum absolute atomic E-state index is 0.105. The SMILES string of the molecule is Cc1ccc(/C=C/C(=O)N2CCC(c3nc4ccccc4s3)CC2)cc1. The molecule has 0 spiro atoms. The predicted molar refractivity (Wildman–Crippen MR) is 108 cm³/mol. The first-order valence-electron chi connectivity index (χ1n) is 9.08. The molecule has 3 aromatic rings. The molecule has 3 nitrogen and oxygen atoms in total. The first-order chi connectivity index (χ1) is 12.7. The highest BCUT2D eigenvalue weighted by Gasteiger charge is 2.24. The maximum Gasteiger partial charge on any atom is 0.246 e. The van der Waals surface area contributed by atoms with Gasteiger partial charge in [0.25, 0.3) is 0 Å². The molecule has 2 aromatic carbocycles. The monoisotopic (exact) mass is 362 g/mol. The molecule has 1 aliphatic heterocycles. The fourth-order valence-corrected chi connectivity index (χ4v) is 4.50. The van der Waals surface area contributed by atoms with E-state index in [2.05, 4.69) is 37.3 Å². The average Bonchev–Trinajstić information content (AvgIpc) is 3.12. The Morgan fingerprint density at radius 2 is 1.85 bits per heavy atom. The molecule has 4 rings (SSSR count). The molecule has 0 bridgehead atoms. The summed E-state index contributed by atoms with van der Waals surface area (Å²) in [6, 6.07) is 16.5. The minimum atomic E-state index is 0.105. The van der Waals surface area contributed by atoms with Crippen LogP contribution in [0.2, 0.25) is 0 Å². The minimum Gasteiger partial charge on any atom is -0.339 e. The Bertz CT molecular complexity index is 901. The lowest BCUT2D eigenvalue weighted by atomic mass is 9.97. The van der Waals surface area contributed by atoms with Gasteiger partial charge in [-0.3, -0.25) is 4.79 Å². The number of piperidine rings is 1. The predicted octanol–water partition coefficient (Wildman–Crippen LogP) is 5.02. The molecule has 132 valence electrons. The van der Waals surface area contributed by atoms with Crippen LogP contribution in [0.1, 0.15) is 34.9 Å². The maximum absolute atomic E-state index is 12.4. The topological polar surface area (TPSA) is 33.2 Å². The Morgan fingerprint density at radius 3 is 2.58 bits per heavy atom. The molecule has 4 heteroatoms. The van der Waals surface area contributed by atoms with Gasteiger partial charge in [0, 0.05) is 25.1 Å². The second-order valence-corrected chi connectivity index (χ2v) is 7.93. The lowest BCUT2D eigenvalue weighted by Gasteiger charge is -2.30. The van der Waals surface area contributed by atoms with Crippen LogP contribution in [0.5, 0.6) is 0 Å². The van der Waals surface area contributed by atoms with Gasteiger partial charge in [-0.2, -0.15) is 0 Å². The molecule has 1 amide bonds. The number of thiazole rings is 1. The van der Waals surface area contributed by atoms with Crippen LogP contribution in [0.25, 0.3) is 16.3 Å². The van der Waals surface area contributed by atoms with E-state index >= 15 is 0 Å². The third-order valence-electron chi connectivity index (χ3n) is 4.96. The highest BCUT2D eigenvalue weighted by atomic mass is 32.1. The first-order valence-corrected chi connectivity index (χ1v) is 9.90. The molecule has 0 aliphatic carbocycles. The Morgan fingerprint density at radius 1 is 1.12 bits per heavy atom. The summed E-state index contributed by atoms with van der Waals surface area (Å²) in [5.74, 6) is 0.575. The van der Waals surface area contributed by atoms with Crippen LogP contribution in [-0.2, 0) is 4.79 Å². The van der Waals surface area contributed by atoms with Gasteiger partial charge in [-0.25, -0.2) is 4.98 Å². The summed E-state index contributed by atoms with van der Waals surface area (Å²) in [5.41, 5.74) is 3.38. The highest BCUT2D eigenvalue weighted by Crippen LogP contribution is 2.33. The number of carbonyl (C=O) groups is 1. The summed E-state index contributed by atoms with van der Waals surface area (Å²) in [5, 5.41) is 1.22. The smallest absolute Gasteiger partial charge is 0.246 e. The van der Waals surface area contributed by atoms with E-state index in [0.717, 1.165) is 37.0 Å². The van der Waals surface area contributed by atoms with Crippen molar-refractivity contribution in [1.82, 2.24) is 9.88 Å². The number of hydrogen-bond donors (Lipinski definition) is 0. The molecule has 26 heavy (non-hydrogen) atoms. The second-order valence-electron chi connectivity index (χ2n) is 6.86. The number of hydrogen-bond acceptors (Lipinski definition) is 3. The van der Waals surface area contributed by atoms with Gasteiger partial charge in [0.15, 0.2) is 0 Å². The van der Waals surface area contributed by atoms with E-state index in [-0.39, 0.29) is 5.91 Å². The second kappa shape index (κ2) is 7.42. The lowest BCUT2D eigenvalue weighted by Crippen LogP contribution is -2.36. The third-order valence-corrected chi connectivity index (χ3v) is 6.16. The summed E-state index contributed by atoms with van der Waals surface area (Å²) in [7, 11) is 0. The zero-order chi connectivity index (χ0) is 17.9. The number of aromatic nitrogens is 1. The Hall–Kier alpha value is -2.46. The van der Waals surface area contributed by atoms with Crippen molar-refractivity contribution in [3.05, 3.63) is 70.7 Å². The van der Waals surface area contributed by atoms with E-state index in [4.69, 9.17) is 4.98 Å². The number of likely N-dealkylation sites (tertiary alicyclic amines) is 1. The van der Waals surface area contributed by atoms with Gasteiger partial charge in [0.1, 0.15) is 0 Å². The van der Waals surface area contributed by atoms with Gasteiger partial charge in [-0.1, -0.05) is 42.0 Å². The molecule has 1 aliphatic rings. The summed E-state index contributed by atoms with van der Waals surface area (Å²) in [6.07, 6.45) is 5.58. The zero-order valence-electron chi connectivity index (χ0n) is 14.9. The number of carbonyl (C=O) groups excluding carboxylic acids is 1. The van der Waals surface area contributed by atoms with Gasteiger partial charge in [0.2, 0.25) is 5.91 Å². The maximum atomic E-state index is 12.4. The van der Waals surface area contributed by atoms with E-state index in [9.17, 15) is 4.79 Å². The van der Waals surface area contributed by atoms with E-state index in [0.29, 0.717) is 5.92 Å². The Kier molecular flexibility index (Phi) is 4.85. The number of benzene rings is 2. The fourth-order valence-electron chi connectivity index (χ4n) is 3.36. The lowest BCUT2D eigenvalue weighted by molar-refractivity contribution is -0.126. The van der Waals surface area contributed by atoms with Crippen molar-refractivity contribution >= 4 is 33.5 Å². The highest BCUT2D eigenvalue weighted by molar-refractivity contribution is 7.18. The molecule has 2 heterocycles. The van der Waals surface area contributed by atoms with Crippen molar-refractivity contribution in [1.29, 1.82) is 0 Å². The van der Waals surface area contributed by atoms with Crippen LogP contribution in [0.4, 0.5) is 0 Å². The quantitative estimate of drug-likeness (QED) is 0.613. The zero-order valence-corrected chi connectivity index (χ0v) is 15.7. The van der Waals surface area contributed by atoms with Crippen LogP contribution < -0.4 is 0 Å². The normalized spacial score (nSPS) is 15.8. The molecule has 0 radical (unpaired) electrons.